The Kier molecular flexibility index (Phi) is 9.37. The number of hydrogen-bond acceptors (Lipinski definition) is 6. The molecule has 0 saturated carbocycles. The Bertz CT molecular complexity index is 465. The summed E-state index contributed by atoms with van der Waals surface area (Å²) >= 11 is 0. The number of carboxylic acids is 2. The molecular weight excluding hydrogens is 356 g/mol. The summed E-state index contributed by atoms with van der Waals surface area (Å²) in [6.07, 6.45) is 0.0618. The molecule has 0 aliphatic rings. The van der Waals surface area contributed by atoms with Crippen LogP contribution in [0.3, 0.4) is 0 Å². The second kappa shape index (κ2) is 9.82. The molecule has 0 aromatic rings. The molecule has 8 nitrogen and oxygen atoms in total. The van der Waals surface area contributed by atoms with Crippen molar-refractivity contribution in [3.63, 3.8) is 0 Å². The summed E-state index contributed by atoms with van der Waals surface area (Å²) < 4.78 is 0. The standard InChI is InChI=1S/C19H36O8/c1-9-18(10-2,15(22)23)13-19(12-11-14(20)21,26-24-16(3,4)5)27-25-17(6,7)8/h9-13H2,1-8H3,(H,20,21)(H,22,23). The topological polar surface area (TPSA) is 112 Å². The molecule has 2 N–H and O–H groups in total. The van der Waals surface area contributed by atoms with E-state index in [1.54, 1.807) is 55.4 Å². The summed E-state index contributed by atoms with van der Waals surface area (Å²) in [7, 11) is 0. The van der Waals surface area contributed by atoms with Crippen LogP contribution in [0.15, 0.2) is 0 Å². The zero-order valence-electron chi connectivity index (χ0n) is 17.9. The highest BCUT2D eigenvalue weighted by Gasteiger charge is 2.49. The Morgan fingerprint density at radius 1 is 0.778 bits per heavy atom. The predicted molar refractivity (Wildman–Crippen MR) is 98.7 cm³/mol. The molecule has 0 saturated heterocycles. The molecule has 0 heterocycles. The van der Waals surface area contributed by atoms with Crippen molar-refractivity contribution in [2.75, 3.05) is 0 Å². The molecule has 0 spiro atoms. The molecule has 0 amide bonds. The number of rotatable bonds is 12. The fraction of sp³-hybridized carbons (Fsp3) is 0.895. The minimum atomic E-state index is -1.69. The molecule has 0 radical (unpaired) electrons. The fourth-order valence-corrected chi connectivity index (χ4v) is 2.34. The van der Waals surface area contributed by atoms with Crippen LogP contribution >= 0.6 is 0 Å². The van der Waals surface area contributed by atoms with E-state index >= 15 is 0 Å². The highest BCUT2D eigenvalue weighted by Crippen LogP contribution is 2.42. The van der Waals surface area contributed by atoms with E-state index in [1.165, 1.54) is 0 Å². The Labute approximate surface area is 162 Å². The van der Waals surface area contributed by atoms with Gasteiger partial charge in [0.2, 0.25) is 5.79 Å². The molecule has 0 unspecified atom stereocenters. The van der Waals surface area contributed by atoms with Gasteiger partial charge in [0.25, 0.3) is 0 Å². The van der Waals surface area contributed by atoms with Crippen LogP contribution in [0.25, 0.3) is 0 Å². The van der Waals surface area contributed by atoms with Crippen LogP contribution < -0.4 is 0 Å². The van der Waals surface area contributed by atoms with Crippen molar-refractivity contribution in [1.29, 1.82) is 0 Å². The third-order valence-corrected chi connectivity index (χ3v) is 4.02. The van der Waals surface area contributed by atoms with Crippen LogP contribution in [0.1, 0.15) is 87.5 Å². The van der Waals surface area contributed by atoms with E-state index in [-0.39, 0.29) is 19.3 Å². The molecular formula is C19H36O8. The van der Waals surface area contributed by atoms with E-state index in [0.29, 0.717) is 12.8 Å². The van der Waals surface area contributed by atoms with E-state index in [4.69, 9.17) is 24.7 Å². The SMILES string of the molecule is CCC(CC)(CC(CCC(=O)O)(OOC(C)(C)C)OOC(C)(C)C)C(=O)O. The third kappa shape index (κ3) is 9.51. The lowest BCUT2D eigenvalue weighted by Gasteiger charge is -2.40. The summed E-state index contributed by atoms with van der Waals surface area (Å²) in [4.78, 5) is 45.2. The van der Waals surface area contributed by atoms with Crippen molar-refractivity contribution in [2.45, 2.75) is 104 Å². The third-order valence-electron chi connectivity index (χ3n) is 4.02. The normalized spacial score (nSPS) is 13.6. The summed E-state index contributed by atoms with van der Waals surface area (Å²) in [5, 5.41) is 19.0. The zero-order chi connectivity index (χ0) is 21.5. The zero-order valence-corrected chi connectivity index (χ0v) is 17.9. The van der Waals surface area contributed by atoms with Crippen molar-refractivity contribution < 1.29 is 39.4 Å². The van der Waals surface area contributed by atoms with Crippen molar-refractivity contribution in [3.8, 4) is 0 Å². The number of hydrogen-bond donors (Lipinski definition) is 2. The highest BCUT2D eigenvalue weighted by molar-refractivity contribution is 5.74. The average molecular weight is 392 g/mol. The molecule has 0 aromatic carbocycles. The highest BCUT2D eigenvalue weighted by atomic mass is 17.3. The fourth-order valence-electron chi connectivity index (χ4n) is 2.34. The first kappa shape index (κ1) is 25.8. The molecule has 0 aromatic heterocycles. The lowest BCUT2D eigenvalue weighted by Crippen LogP contribution is -2.47. The molecule has 0 fully saturated rings. The van der Waals surface area contributed by atoms with E-state index < -0.39 is 34.3 Å². The van der Waals surface area contributed by atoms with Crippen LogP contribution in [-0.4, -0.2) is 39.1 Å². The van der Waals surface area contributed by atoms with Crippen LogP contribution in [0.4, 0.5) is 0 Å². The Hall–Kier alpha value is -1.22. The van der Waals surface area contributed by atoms with Gasteiger partial charge in [-0.1, -0.05) is 13.8 Å². The maximum Gasteiger partial charge on any atom is 0.309 e. The van der Waals surface area contributed by atoms with E-state index in [9.17, 15) is 14.7 Å². The Balaban J connectivity index is 5.96. The van der Waals surface area contributed by atoms with Gasteiger partial charge < -0.3 is 10.2 Å². The summed E-state index contributed by atoms with van der Waals surface area (Å²) in [6, 6.07) is 0. The number of aliphatic carboxylic acids is 2. The lowest BCUT2D eigenvalue weighted by atomic mass is 9.75. The van der Waals surface area contributed by atoms with Crippen molar-refractivity contribution in [1.82, 2.24) is 0 Å². The van der Waals surface area contributed by atoms with Gasteiger partial charge in [-0.2, -0.15) is 9.78 Å². The second-order valence-corrected chi connectivity index (χ2v) is 8.83. The quantitative estimate of drug-likeness (QED) is 0.287. The van der Waals surface area contributed by atoms with Gasteiger partial charge in [0, 0.05) is 12.8 Å². The van der Waals surface area contributed by atoms with E-state index in [0.717, 1.165) is 0 Å². The minimum Gasteiger partial charge on any atom is -0.481 e. The second-order valence-electron chi connectivity index (χ2n) is 8.83. The minimum absolute atomic E-state index is 0.123. The van der Waals surface area contributed by atoms with Gasteiger partial charge in [0.05, 0.1) is 23.0 Å². The molecule has 0 atom stereocenters. The van der Waals surface area contributed by atoms with Crippen LogP contribution in [0.2, 0.25) is 0 Å². The lowest BCUT2D eigenvalue weighted by molar-refractivity contribution is -0.546. The molecule has 0 aliphatic heterocycles. The number of carboxylic acid groups (broad SMARTS) is 2. The van der Waals surface area contributed by atoms with Crippen molar-refractivity contribution in [2.24, 2.45) is 5.41 Å². The number of carbonyl (C=O) groups is 2. The molecule has 0 aliphatic carbocycles. The van der Waals surface area contributed by atoms with Crippen LogP contribution in [0.5, 0.6) is 0 Å². The first-order valence-electron chi connectivity index (χ1n) is 9.29. The smallest absolute Gasteiger partial charge is 0.309 e. The van der Waals surface area contributed by atoms with Crippen molar-refractivity contribution >= 4 is 11.9 Å². The maximum absolute atomic E-state index is 12.0. The monoisotopic (exact) mass is 392 g/mol. The summed E-state index contributed by atoms with van der Waals surface area (Å²) in [6.45, 7) is 14.0. The Morgan fingerprint density at radius 3 is 1.44 bits per heavy atom. The Morgan fingerprint density at radius 2 is 1.19 bits per heavy atom. The summed E-state index contributed by atoms with van der Waals surface area (Å²) in [5.41, 5.74) is -2.62. The molecule has 0 bridgehead atoms. The summed E-state index contributed by atoms with van der Waals surface area (Å²) in [5.74, 6) is -3.76. The van der Waals surface area contributed by atoms with Crippen molar-refractivity contribution in [3.05, 3.63) is 0 Å². The van der Waals surface area contributed by atoms with Crippen LogP contribution in [-0.2, 0) is 29.1 Å². The first-order valence-corrected chi connectivity index (χ1v) is 9.29. The largest absolute Gasteiger partial charge is 0.481 e. The van der Waals surface area contributed by atoms with Gasteiger partial charge >= 0.3 is 11.9 Å². The van der Waals surface area contributed by atoms with Gasteiger partial charge in [-0.25, -0.2) is 9.78 Å². The average Bonchev–Trinajstić information content (AvgIpc) is 2.52. The first-order chi connectivity index (χ1) is 12.1. The molecule has 8 heteroatoms. The van der Waals surface area contributed by atoms with Gasteiger partial charge in [-0.15, -0.1) is 0 Å². The van der Waals surface area contributed by atoms with Gasteiger partial charge in [-0.05, 0) is 54.4 Å². The maximum atomic E-state index is 12.0. The predicted octanol–water partition coefficient (Wildman–Crippen LogP) is 4.32. The molecule has 27 heavy (non-hydrogen) atoms. The molecule has 0 rings (SSSR count). The van der Waals surface area contributed by atoms with Crippen LogP contribution in [0, 0.1) is 5.41 Å². The van der Waals surface area contributed by atoms with Gasteiger partial charge in [0.15, 0.2) is 0 Å². The molecule has 160 valence electrons. The van der Waals surface area contributed by atoms with E-state index in [2.05, 4.69) is 0 Å². The van der Waals surface area contributed by atoms with E-state index in [1.807, 2.05) is 0 Å². The van der Waals surface area contributed by atoms with Gasteiger partial charge in [-0.3, -0.25) is 9.59 Å². The van der Waals surface area contributed by atoms with Gasteiger partial charge in [0.1, 0.15) is 0 Å².